The van der Waals surface area contributed by atoms with E-state index in [1.54, 1.807) is 0 Å². The van der Waals surface area contributed by atoms with Crippen molar-refractivity contribution in [2.24, 2.45) is 10.7 Å². The Bertz CT molecular complexity index is 826. The van der Waals surface area contributed by atoms with Crippen LogP contribution in [0.25, 0.3) is 11.1 Å². The number of nitrogens with two attached hydrogens (primary N) is 1. The van der Waals surface area contributed by atoms with Gasteiger partial charge in [0.1, 0.15) is 0 Å². The van der Waals surface area contributed by atoms with E-state index in [0.717, 1.165) is 29.8 Å². The van der Waals surface area contributed by atoms with E-state index in [1.165, 1.54) is 19.4 Å². The Kier molecular flexibility index (Phi) is 8.74. The molecule has 0 radical (unpaired) electrons. The highest BCUT2D eigenvalue weighted by Crippen LogP contribution is 2.23. The fraction of sp³-hybridized carbons (Fsp3) is 0.364. The predicted molar refractivity (Wildman–Crippen MR) is 126 cm³/mol. The Morgan fingerprint density at radius 3 is 2.71 bits per heavy atom. The number of aliphatic imine (C=N–C) groups is 1. The molecule has 1 unspecified atom stereocenters. The summed E-state index contributed by atoms with van der Waals surface area (Å²) in [5.74, 6) is 0.497. The molecule has 3 N–H and O–H groups in total. The molecule has 1 heterocycles. The highest BCUT2D eigenvalue weighted by Gasteiger charge is 2.22. The van der Waals surface area contributed by atoms with E-state index in [-0.39, 0.29) is 24.0 Å². The lowest BCUT2D eigenvalue weighted by Gasteiger charge is -2.23. The molecule has 1 fully saturated rings. The number of likely N-dealkylation sites (N-methyl/N-ethyl adjacent to an activating group) is 1. The maximum Gasteiger partial charge on any atom is 0.188 e. The van der Waals surface area contributed by atoms with Gasteiger partial charge < -0.3 is 11.1 Å². The molecule has 1 atom stereocenters. The minimum atomic E-state index is 0. The lowest BCUT2D eigenvalue weighted by atomic mass is 9.99. The van der Waals surface area contributed by atoms with Gasteiger partial charge in [-0.2, -0.15) is 5.26 Å². The summed E-state index contributed by atoms with van der Waals surface area (Å²) in [6.07, 6.45) is 2.48. The highest BCUT2D eigenvalue weighted by molar-refractivity contribution is 14.0. The first-order valence-electron chi connectivity index (χ1n) is 9.57. The van der Waals surface area contributed by atoms with Crippen LogP contribution in [0, 0.1) is 11.3 Å². The van der Waals surface area contributed by atoms with Crippen LogP contribution in [-0.4, -0.2) is 36.5 Å². The van der Waals surface area contributed by atoms with Gasteiger partial charge in [-0.1, -0.05) is 49.4 Å². The molecule has 0 aliphatic carbocycles. The lowest BCUT2D eigenvalue weighted by molar-refractivity contribution is 0.267. The second kappa shape index (κ2) is 11.0. The van der Waals surface area contributed by atoms with Crippen molar-refractivity contribution in [2.45, 2.75) is 32.4 Å². The van der Waals surface area contributed by atoms with Crippen molar-refractivity contribution in [1.29, 1.82) is 5.26 Å². The largest absolute Gasteiger partial charge is 0.370 e. The third kappa shape index (κ3) is 5.69. The Hall–Kier alpha value is -2.11. The highest BCUT2D eigenvalue weighted by atomic mass is 127. The smallest absolute Gasteiger partial charge is 0.188 e. The Morgan fingerprint density at radius 2 is 2.00 bits per heavy atom. The summed E-state index contributed by atoms with van der Waals surface area (Å²) in [5, 5.41) is 12.5. The van der Waals surface area contributed by atoms with Crippen molar-refractivity contribution < 1.29 is 0 Å². The molecule has 0 saturated carbocycles. The first-order valence-corrected chi connectivity index (χ1v) is 9.57. The SMILES string of the molecule is CCN1CCCC1CNC(N)=NCc1ccc(-c2ccccc2C#N)cc1.I. The van der Waals surface area contributed by atoms with Crippen molar-refractivity contribution >= 4 is 29.9 Å². The molecule has 0 aromatic heterocycles. The molecule has 28 heavy (non-hydrogen) atoms. The van der Waals surface area contributed by atoms with Gasteiger partial charge in [0.2, 0.25) is 0 Å². The molecule has 148 valence electrons. The number of halogens is 1. The minimum absolute atomic E-state index is 0. The number of benzene rings is 2. The summed E-state index contributed by atoms with van der Waals surface area (Å²) in [6.45, 7) is 5.87. The van der Waals surface area contributed by atoms with Gasteiger partial charge in [0.15, 0.2) is 5.96 Å². The molecule has 0 spiro atoms. The quantitative estimate of drug-likeness (QED) is 0.368. The van der Waals surface area contributed by atoms with Gasteiger partial charge in [0.25, 0.3) is 0 Å². The van der Waals surface area contributed by atoms with Crippen LogP contribution in [-0.2, 0) is 6.54 Å². The zero-order valence-corrected chi connectivity index (χ0v) is 18.6. The normalized spacial score (nSPS) is 17.0. The van der Waals surface area contributed by atoms with Crippen LogP contribution in [0.4, 0.5) is 0 Å². The number of rotatable bonds is 6. The molecule has 6 heteroatoms. The molecule has 0 amide bonds. The third-order valence-corrected chi connectivity index (χ3v) is 5.17. The molecular weight excluding hydrogens is 461 g/mol. The summed E-state index contributed by atoms with van der Waals surface area (Å²) in [6, 6.07) is 18.6. The van der Waals surface area contributed by atoms with Crippen molar-refractivity contribution in [3.63, 3.8) is 0 Å². The van der Waals surface area contributed by atoms with Gasteiger partial charge in [-0.15, -0.1) is 24.0 Å². The molecule has 5 nitrogen and oxygen atoms in total. The fourth-order valence-electron chi connectivity index (χ4n) is 3.62. The van der Waals surface area contributed by atoms with E-state index >= 15 is 0 Å². The average Bonchev–Trinajstić information content (AvgIpc) is 3.18. The number of hydrogen-bond acceptors (Lipinski definition) is 3. The Morgan fingerprint density at radius 1 is 1.25 bits per heavy atom. The van der Waals surface area contributed by atoms with Crippen molar-refractivity contribution in [3.05, 3.63) is 59.7 Å². The summed E-state index contributed by atoms with van der Waals surface area (Å²) >= 11 is 0. The summed E-state index contributed by atoms with van der Waals surface area (Å²) in [4.78, 5) is 6.94. The number of hydrogen-bond donors (Lipinski definition) is 2. The van der Waals surface area contributed by atoms with E-state index < -0.39 is 0 Å². The first-order chi connectivity index (χ1) is 13.2. The van der Waals surface area contributed by atoms with Crippen molar-refractivity contribution in [1.82, 2.24) is 10.2 Å². The van der Waals surface area contributed by atoms with Crippen LogP contribution in [0.15, 0.2) is 53.5 Å². The first kappa shape index (κ1) is 22.2. The van der Waals surface area contributed by atoms with Crippen molar-refractivity contribution in [3.8, 4) is 17.2 Å². The summed E-state index contributed by atoms with van der Waals surface area (Å²) in [7, 11) is 0. The predicted octanol–water partition coefficient (Wildman–Crippen LogP) is 3.73. The van der Waals surface area contributed by atoms with Gasteiger partial charge in [-0.05, 0) is 48.7 Å². The number of likely N-dealkylation sites (tertiary alicyclic amines) is 1. The Balaban J connectivity index is 0.00000280. The molecule has 3 rings (SSSR count). The topological polar surface area (TPSA) is 77.4 Å². The molecule has 2 aromatic rings. The standard InChI is InChI=1S/C22H27N5.HI/c1-2-27-13-5-7-20(27)16-26-22(24)25-15-17-9-11-18(12-10-17)21-8-4-3-6-19(21)14-23;/h3-4,6,8-12,20H,2,5,7,13,15-16H2,1H3,(H3,24,25,26);1H. The van der Waals surface area contributed by atoms with Gasteiger partial charge in [-0.25, -0.2) is 4.99 Å². The number of nitriles is 1. The number of nitrogens with zero attached hydrogens (tertiary/aromatic N) is 3. The van der Waals surface area contributed by atoms with Crippen LogP contribution in [0.5, 0.6) is 0 Å². The van der Waals surface area contributed by atoms with Gasteiger partial charge >= 0.3 is 0 Å². The average molecular weight is 489 g/mol. The number of nitrogens with one attached hydrogen (secondary N) is 1. The van der Waals surface area contributed by atoms with E-state index in [1.807, 2.05) is 48.5 Å². The van der Waals surface area contributed by atoms with Crippen LogP contribution >= 0.6 is 24.0 Å². The maximum absolute atomic E-state index is 9.25. The molecule has 0 bridgehead atoms. The number of guanidine groups is 1. The van der Waals surface area contributed by atoms with Crippen LogP contribution in [0.2, 0.25) is 0 Å². The van der Waals surface area contributed by atoms with Crippen LogP contribution < -0.4 is 11.1 Å². The second-order valence-corrected chi connectivity index (χ2v) is 6.86. The monoisotopic (exact) mass is 489 g/mol. The Labute approximate surface area is 184 Å². The summed E-state index contributed by atoms with van der Waals surface area (Å²) in [5.41, 5.74) is 9.79. The molecular formula is C22H28IN5. The molecule has 1 saturated heterocycles. The molecule has 1 aliphatic rings. The van der Waals surface area contributed by atoms with E-state index in [4.69, 9.17) is 5.73 Å². The third-order valence-electron chi connectivity index (χ3n) is 5.17. The van der Waals surface area contributed by atoms with Crippen LogP contribution in [0.1, 0.15) is 30.9 Å². The zero-order valence-electron chi connectivity index (χ0n) is 16.3. The van der Waals surface area contributed by atoms with Gasteiger partial charge in [-0.3, -0.25) is 4.90 Å². The zero-order chi connectivity index (χ0) is 19.1. The summed E-state index contributed by atoms with van der Waals surface area (Å²) < 4.78 is 0. The van der Waals surface area contributed by atoms with Gasteiger partial charge in [0, 0.05) is 12.6 Å². The van der Waals surface area contributed by atoms with Crippen LogP contribution in [0.3, 0.4) is 0 Å². The molecule has 1 aliphatic heterocycles. The fourth-order valence-corrected chi connectivity index (χ4v) is 3.62. The van der Waals surface area contributed by atoms with E-state index in [9.17, 15) is 5.26 Å². The van der Waals surface area contributed by atoms with Crippen molar-refractivity contribution in [2.75, 3.05) is 19.6 Å². The maximum atomic E-state index is 9.25. The van der Waals surface area contributed by atoms with E-state index in [0.29, 0.717) is 24.1 Å². The lowest BCUT2D eigenvalue weighted by Crippen LogP contribution is -2.42. The molecule has 2 aromatic carbocycles. The van der Waals surface area contributed by atoms with Gasteiger partial charge in [0.05, 0.1) is 18.2 Å². The second-order valence-electron chi connectivity index (χ2n) is 6.86. The minimum Gasteiger partial charge on any atom is -0.370 e. The van der Waals surface area contributed by atoms with E-state index in [2.05, 4.69) is 28.2 Å².